The van der Waals surface area contributed by atoms with Gasteiger partial charge in [0.05, 0.1) is 18.2 Å². The minimum Gasteiger partial charge on any atom is -0.461 e. The highest BCUT2D eigenvalue weighted by Gasteiger charge is 2.46. The van der Waals surface area contributed by atoms with Gasteiger partial charge in [0.2, 0.25) is 0 Å². The van der Waals surface area contributed by atoms with Crippen LogP contribution in [0, 0.1) is 0 Å². The van der Waals surface area contributed by atoms with E-state index in [0.29, 0.717) is 12.3 Å². The number of hydrazone groups is 1. The van der Waals surface area contributed by atoms with Crippen LogP contribution in [0.15, 0.2) is 5.10 Å². The minimum absolute atomic E-state index is 0.0315. The maximum atomic E-state index is 11.9. The molecule has 0 unspecified atom stereocenters. The number of ether oxygens (including phenoxy) is 1. The Morgan fingerprint density at radius 3 is 2.76 bits per heavy atom. The third-order valence-electron chi connectivity index (χ3n) is 3.40. The lowest BCUT2D eigenvalue weighted by molar-refractivity contribution is -0.135. The molecule has 1 atom stereocenters. The molecule has 0 aliphatic carbocycles. The molecule has 2 aliphatic heterocycles. The minimum atomic E-state index is -0.289. The average molecular weight is 239 g/mol. The zero-order valence-electron chi connectivity index (χ0n) is 10.8. The first-order valence-corrected chi connectivity index (χ1v) is 6.32. The van der Waals surface area contributed by atoms with E-state index in [4.69, 9.17) is 4.74 Å². The average Bonchev–Trinajstić information content (AvgIpc) is 2.84. The molecule has 5 nitrogen and oxygen atoms in total. The van der Waals surface area contributed by atoms with Crippen molar-refractivity contribution in [2.45, 2.75) is 45.2 Å². The number of hydrogen-bond acceptors (Lipinski definition) is 5. The molecule has 96 valence electrons. The van der Waals surface area contributed by atoms with E-state index in [1.807, 2.05) is 6.92 Å². The fraction of sp³-hybridized carbons (Fsp3) is 0.833. The maximum absolute atomic E-state index is 11.9. The monoisotopic (exact) mass is 239 g/mol. The van der Waals surface area contributed by atoms with Crippen LogP contribution in [-0.4, -0.2) is 47.9 Å². The highest BCUT2D eigenvalue weighted by molar-refractivity contribution is 6.39. The number of carbonyl (C=O) groups excluding carboxylic acids is 1. The number of nitrogens with zero attached hydrogens (tertiary/aromatic N) is 2. The molecule has 0 aromatic heterocycles. The number of rotatable bonds is 3. The molecule has 0 spiro atoms. The van der Waals surface area contributed by atoms with Crippen LogP contribution in [0.3, 0.4) is 0 Å². The van der Waals surface area contributed by atoms with Crippen molar-refractivity contribution in [3.8, 4) is 0 Å². The zero-order valence-corrected chi connectivity index (χ0v) is 10.8. The van der Waals surface area contributed by atoms with Crippen LogP contribution in [0.4, 0.5) is 0 Å². The lowest BCUT2D eigenvalue weighted by Gasteiger charge is -2.34. The van der Waals surface area contributed by atoms with Crippen LogP contribution >= 0.6 is 0 Å². The van der Waals surface area contributed by atoms with Gasteiger partial charge in [-0.3, -0.25) is 4.90 Å². The smallest absolute Gasteiger partial charge is 0.356 e. The highest BCUT2D eigenvalue weighted by atomic mass is 16.5. The molecule has 0 bridgehead atoms. The molecule has 5 heteroatoms. The third-order valence-corrected chi connectivity index (χ3v) is 3.40. The van der Waals surface area contributed by atoms with Gasteiger partial charge < -0.3 is 10.2 Å². The lowest BCUT2D eigenvalue weighted by atomic mass is 9.91. The van der Waals surface area contributed by atoms with Crippen molar-refractivity contribution >= 4 is 11.7 Å². The summed E-state index contributed by atoms with van der Waals surface area (Å²) < 4.78 is 5.07. The van der Waals surface area contributed by atoms with Crippen LogP contribution in [0.25, 0.3) is 0 Å². The normalized spacial score (nSPS) is 27.7. The van der Waals surface area contributed by atoms with Crippen molar-refractivity contribution in [2.24, 2.45) is 5.10 Å². The van der Waals surface area contributed by atoms with E-state index in [0.717, 1.165) is 13.1 Å². The van der Waals surface area contributed by atoms with Crippen LogP contribution in [-0.2, 0) is 9.53 Å². The van der Waals surface area contributed by atoms with Crippen LogP contribution in [0.5, 0.6) is 0 Å². The van der Waals surface area contributed by atoms with E-state index in [1.54, 1.807) is 0 Å². The fourth-order valence-electron chi connectivity index (χ4n) is 2.66. The van der Waals surface area contributed by atoms with Gasteiger partial charge in [-0.05, 0) is 46.7 Å². The molecule has 2 aliphatic rings. The highest BCUT2D eigenvalue weighted by Crippen LogP contribution is 2.26. The Balaban J connectivity index is 2.17. The quantitative estimate of drug-likeness (QED) is 0.738. The van der Waals surface area contributed by atoms with Gasteiger partial charge in [-0.1, -0.05) is 0 Å². The summed E-state index contributed by atoms with van der Waals surface area (Å²) in [5.41, 5.74) is 3.38. The molecular formula is C12H21N3O2. The molecular weight excluding hydrogens is 218 g/mol. The standard InChI is InChI=1S/C12H21N3O2/c1-4-17-11(16)9-10(12(2,3)14-13-9)15-7-5-6-8-15/h10,14H,4-8H2,1-3H3/t10-/m1/s1. The molecule has 1 N–H and O–H groups in total. The molecule has 0 aromatic carbocycles. The largest absolute Gasteiger partial charge is 0.461 e. The molecule has 0 amide bonds. The summed E-state index contributed by atoms with van der Waals surface area (Å²) in [6.45, 7) is 8.43. The first-order valence-electron chi connectivity index (χ1n) is 6.32. The van der Waals surface area contributed by atoms with E-state index in [2.05, 4.69) is 29.3 Å². The molecule has 0 aromatic rings. The maximum Gasteiger partial charge on any atom is 0.356 e. The Morgan fingerprint density at radius 1 is 1.53 bits per heavy atom. The Bertz CT molecular complexity index is 333. The predicted molar refractivity (Wildman–Crippen MR) is 65.9 cm³/mol. The summed E-state index contributed by atoms with van der Waals surface area (Å²) in [6.07, 6.45) is 2.39. The second kappa shape index (κ2) is 4.64. The first kappa shape index (κ1) is 12.4. The summed E-state index contributed by atoms with van der Waals surface area (Å²) in [5.74, 6) is -0.289. The Labute approximate surface area is 102 Å². The van der Waals surface area contributed by atoms with Gasteiger partial charge in [0, 0.05) is 0 Å². The molecule has 17 heavy (non-hydrogen) atoms. The Morgan fingerprint density at radius 2 is 2.18 bits per heavy atom. The van der Waals surface area contributed by atoms with Gasteiger partial charge in [0.15, 0.2) is 5.71 Å². The lowest BCUT2D eigenvalue weighted by Crippen LogP contribution is -2.55. The van der Waals surface area contributed by atoms with Crippen LogP contribution < -0.4 is 5.43 Å². The summed E-state index contributed by atoms with van der Waals surface area (Å²) in [4.78, 5) is 14.2. The van der Waals surface area contributed by atoms with Gasteiger partial charge in [-0.25, -0.2) is 4.79 Å². The molecule has 1 fully saturated rings. The van der Waals surface area contributed by atoms with Crippen molar-refractivity contribution in [3.05, 3.63) is 0 Å². The van der Waals surface area contributed by atoms with Crippen molar-refractivity contribution in [1.29, 1.82) is 0 Å². The predicted octanol–water partition coefficient (Wildman–Crippen LogP) is 0.752. The van der Waals surface area contributed by atoms with Crippen molar-refractivity contribution in [3.63, 3.8) is 0 Å². The van der Waals surface area contributed by atoms with E-state index in [1.165, 1.54) is 12.8 Å². The zero-order chi connectivity index (χ0) is 12.5. The van der Waals surface area contributed by atoms with Crippen molar-refractivity contribution in [1.82, 2.24) is 10.3 Å². The summed E-state index contributed by atoms with van der Waals surface area (Å²) >= 11 is 0. The van der Waals surface area contributed by atoms with Gasteiger partial charge in [0.1, 0.15) is 0 Å². The third kappa shape index (κ3) is 2.29. The summed E-state index contributed by atoms with van der Waals surface area (Å²) in [7, 11) is 0. The van der Waals surface area contributed by atoms with Crippen LogP contribution in [0.2, 0.25) is 0 Å². The first-order chi connectivity index (χ1) is 8.06. The number of esters is 1. The van der Waals surface area contributed by atoms with Gasteiger partial charge in [-0.15, -0.1) is 0 Å². The van der Waals surface area contributed by atoms with Crippen LogP contribution in [0.1, 0.15) is 33.6 Å². The summed E-state index contributed by atoms with van der Waals surface area (Å²) in [5, 5.41) is 4.18. The van der Waals surface area contributed by atoms with Crippen molar-refractivity contribution in [2.75, 3.05) is 19.7 Å². The SMILES string of the molecule is CCOC(=O)C1=NNC(C)(C)[C@@H]1N1CCCC1. The molecule has 2 heterocycles. The van der Waals surface area contributed by atoms with Gasteiger partial charge in [0.25, 0.3) is 0 Å². The fourth-order valence-corrected chi connectivity index (χ4v) is 2.66. The van der Waals surface area contributed by atoms with Crippen molar-refractivity contribution < 1.29 is 9.53 Å². The second-order valence-corrected chi connectivity index (χ2v) is 5.20. The number of likely N-dealkylation sites (tertiary alicyclic amines) is 1. The van der Waals surface area contributed by atoms with Gasteiger partial charge >= 0.3 is 5.97 Å². The number of hydrogen-bond donors (Lipinski definition) is 1. The van der Waals surface area contributed by atoms with Gasteiger partial charge in [-0.2, -0.15) is 5.10 Å². The molecule has 0 saturated carbocycles. The van der Waals surface area contributed by atoms with E-state index in [9.17, 15) is 4.79 Å². The molecule has 1 saturated heterocycles. The topological polar surface area (TPSA) is 53.9 Å². The molecule has 0 radical (unpaired) electrons. The summed E-state index contributed by atoms with van der Waals surface area (Å²) in [6, 6.07) is 0.0315. The van der Waals surface area contributed by atoms with E-state index >= 15 is 0 Å². The Kier molecular flexibility index (Phi) is 3.38. The van der Waals surface area contributed by atoms with E-state index < -0.39 is 0 Å². The second-order valence-electron chi connectivity index (χ2n) is 5.20. The van der Waals surface area contributed by atoms with E-state index in [-0.39, 0.29) is 17.6 Å². The number of carbonyl (C=O) groups is 1. The molecule has 2 rings (SSSR count). The Hall–Kier alpha value is -1.10. The number of nitrogens with one attached hydrogen (secondary N) is 1.